The Balaban J connectivity index is 1.33. The van der Waals surface area contributed by atoms with Crippen molar-refractivity contribution >= 4 is 27.5 Å². The number of rotatable bonds is 6. The van der Waals surface area contributed by atoms with Crippen molar-refractivity contribution in [1.29, 1.82) is 0 Å². The van der Waals surface area contributed by atoms with Gasteiger partial charge in [-0.05, 0) is 62.9 Å². The highest BCUT2D eigenvalue weighted by molar-refractivity contribution is 7.89. The lowest BCUT2D eigenvalue weighted by Crippen LogP contribution is -2.55. The fourth-order valence-corrected chi connectivity index (χ4v) is 6.39. The monoisotopic (exact) mass is 498 g/mol. The number of sulfonamides is 1. The average Bonchev–Trinajstić information content (AvgIpc) is 3.33. The number of piperazine rings is 1. The van der Waals surface area contributed by atoms with Gasteiger partial charge in [0.15, 0.2) is 0 Å². The van der Waals surface area contributed by atoms with Crippen LogP contribution in [0, 0.1) is 20.8 Å². The van der Waals surface area contributed by atoms with Crippen molar-refractivity contribution in [3.63, 3.8) is 0 Å². The van der Waals surface area contributed by atoms with E-state index in [0.29, 0.717) is 45.6 Å². The molecule has 2 fully saturated rings. The molecule has 2 aromatic carbocycles. The van der Waals surface area contributed by atoms with Crippen molar-refractivity contribution in [2.75, 3.05) is 44.6 Å². The van der Waals surface area contributed by atoms with E-state index >= 15 is 0 Å². The Morgan fingerprint density at radius 1 is 0.943 bits per heavy atom. The molecule has 2 amide bonds. The number of nitrogens with zero attached hydrogens (tertiary/aromatic N) is 3. The molecule has 2 aromatic rings. The van der Waals surface area contributed by atoms with Gasteiger partial charge in [-0.25, -0.2) is 8.42 Å². The second kappa shape index (κ2) is 10.5. The minimum Gasteiger partial charge on any atom is -0.339 e. The van der Waals surface area contributed by atoms with Crippen LogP contribution in [0.3, 0.4) is 0 Å². The summed E-state index contributed by atoms with van der Waals surface area (Å²) in [7, 11) is -3.73. The van der Waals surface area contributed by atoms with E-state index in [9.17, 15) is 18.0 Å². The van der Waals surface area contributed by atoms with Crippen LogP contribution in [0.15, 0.2) is 47.4 Å². The van der Waals surface area contributed by atoms with Gasteiger partial charge in [0.1, 0.15) is 6.04 Å². The van der Waals surface area contributed by atoms with Crippen molar-refractivity contribution in [1.82, 2.24) is 14.1 Å². The van der Waals surface area contributed by atoms with Crippen LogP contribution in [0.5, 0.6) is 0 Å². The van der Waals surface area contributed by atoms with Crippen LogP contribution < -0.4 is 5.32 Å². The molecule has 0 spiro atoms. The summed E-state index contributed by atoms with van der Waals surface area (Å²) in [6.07, 6.45) is 1.20. The van der Waals surface area contributed by atoms with Gasteiger partial charge in [0.25, 0.3) is 0 Å². The minimum atomic E-state index is -3.73. The summed E-state index contributed by atoms with van der Waals surface area (Å²) < 4.78 is 27.8. The smallest absolute Gasteiger partial charge is 0.243 e. The van der Waals surface area contributed by atoms with Crippen LogP contribution in [0.4, 0.5) is 5.69 Å². The number of hydrogen-bond donors (Lipinski definition) is 1. The third-order valence-electron chi connectivity index (χ3n) is 7.05. The van der Waals surface area contributed by atoms with E-state index in [1.165, 1.54) is 4.31 Å². The molecule has 1 N–H and O–H groups in total. The van der Waals surface area contributed by atoms with Gasteiger partial charge in [-0.3, -0.25) is 14.5 Å². The summed E-state index contributed by atoms with van der Waals surface area (Å²) >= 11 is 0. The molecule has 0 unspecified atom stereocenters. The van der Waals surface area contributed by atoms with Crippen LogP contribution in [0.25, 0.3) is 0 Å². The zero-order chi connectivity index (χ0) is 25.2. The molecule has 1 atom stereocenters. The fraction of sp³-hybridized carbons (Fsp3) is 0.462. The molecule has 9 heteroatoms. The highest BCUT2D eigenvalue weighted by Crippen LogP contribution is 2.28. The van der Waals surface area contributed by atoms with Gasteiger partial charge in [-0.1, -0.05) is 29.8 Å². The molecule has 188 valence electrons. The molecule has 0 aromatic heterocycles. The van der Waals surface area contributed by atoms with Gasteiger partial charge in [-0.15, -0.1) is 0 Å². The standard InChI is InChI=1S/C26H34N4O4S/c1-19-9-11-22(12-10-19)35(33,34)30-13-5-8-24(30)26(32)29-16-14-28(15-17-29)18-25(31)27-23-7-4-6-20(2)21(23)3/h4,6-7,9-12,24H,5,8,13-18H2,1-3H3,(H,27,31)/t24-/m1/s1. The number of carbonyl (C=O) groups is 2. The summed E-state index contributed by atoms with van der Waals surface area (Å²) in [5, 5.41) is 2.98. The van der Waals surface area contributed by atoms with Crippen molar-refractivity contribution < 1.29 is 18.0 Å². The number of carbonyl (C=O) groups excluding carboxylic acids is 2. The SMILES string of the molecule is Cc1ccc(S(=O)(=O)N2CCC[C@@H]2C(=O)N2CCN(CC(=O)Nc3cccc(C)c3C)CC2)cc1. The molecular weight excluding hydrogens is 464 g/mol. The molecule has 2 heterocycles. The van der Waals surface area contributed by atoms with Gasteiger partial charge >= 0.3 is 0 Å². The quantitative estimate of drug-likeness (QED) is 0.661. The Morgan fingerprint density at radius 2 is 1.63 bits per heavy atom. The third kappa shape index (κ3) is 5.58. The molecule has 2 aliphatic heterocycles. The predicted molar refractivity (Wildman–Crippen MR) is 136 cm³/mol. The first-order chi connectivity index (χ1) is 16.7. The lowest BCUT2D eigenvalue weighted by atomic mass is 10.1. The van der Waals surface area contributed by atoms with Gasteiger partial charge in [0, 0.05) is 38.4 Å². The first-order valence-corrected chi connectivity index (χ1v) is 13.6. The van der Waals surface area contributed by atoms with Crippen molar-refractivity contribution in [3.05, 3.63) is 59.2 Å². The molecule has 0 aliphatic carbocycles. The Morgan fingerprint density at radius 3 is 2.31 bits per heavy atom. The summed E-state index contributed by atoms with van der Waals surface area (Å²) in [5.41, 5.74) is 3.98. The summed E-state index contributed by atoms with van der Waals surface area (Å²) in [6.45, 7) is 8.62. The summed E-state index contributed by atoms with van der Waals surface area (Å²) in [6, 6.07) is 11.9. The van der Waals surface area contributed by atoms with E-state index in [1.54, 1.807) is 29.2 Å². The average molecular weight is 499 g/mol. The number of nitrogens with one attached hydrogen (secondary N) is 1. The number of aryl methyl sites for hydroxylation is 2. The maximum Gasteiger partial charge on any atom is 0.243 e. The van der Waals surface area contributed by atoms with Crippen LogP contribution >= 0.6 is 0 Å². The zero-order valence-electron chi connectivity index (χ0n) is 20.7. The van der Waals surface area contributed by atoms with Crippen molar-refractivity contribution in [3.8, 4) is 0 Å². The molecule has 0 saturated carbocycles. The highest BCUT2D eigenvalue weighted by atomic mass is 32.2. The number of anilines is 1. The maximum atomic E-state index is 13.3. The topological polar surface area (TPSA) is 90.0 Å². The molecular formula is C26H34N4O4S. The van der Waals surface area contributed by atoms with Crippen LogP contribution in [0.2, 0.25) is 0 Å². The Kier molecular flexibility index (Phi) is 7.59. The van der Waals surface area contributed by atoms with Crippen LogP contribution in [0.1, 0.15) is 29.5 Å². The van der Waals surface area contributed by atoms with Crippen molar-refractivity contribution in [2.24, 2.45) is 0 Å². The van der Waals surface area contributed by atoms with E-state index in [-0.39, 0.29) is 23.3 Å². The molecule has 0 radical (unpaired) electrons. The van der Waals surface area contributed by atoms with E-state index in [1.807, 2.05) is 43.9 Å². The molecule has 2 aliphatic rings. The molecule has 4 rings (SSSR count). The number of amides is 2. The third-order valence-corrected chi connectivity index (χ3v) is 8.97. The first-order valence-electron chi connectivity index (χ1n) is 12.1. The Labute approximate surface area is 207 Å². The molecule has 8 nitrogen and oxygen atoms in total. The van der Waals surface area contributed by atoms with E-state index in [2.05, 4.69) is 5.32 Å². The van der Waals surface area contributed by atoms with E-state index < -0.39 is 16.1 Å². The highest BCUT2D eigenvalue weighted by Gasteiger charge is 2.41. The zero-order valence-corrected chi connectivity index (χ0v) is 21.5. The second-order valence-electron chi connectivity index (χ2n) is 9.48. The minimum absolute atomic E-state index is 0.0790. The number of hydrogen-bond acceptors (Lipinski definition) is 5. The first kappa shape index (κ1) is 25.3. The number of benzene rings is 2. The molecule has 0 bridgehead atoms. The maximum absolute atomic E-state index is 13.3. The Bertz CT molecular complexity index is 1190. The van der Waals surface area contributed by atoms with E-state index in [0.717, 1.165) is 22.4 Å². The lowest BCUT2D eigenvalue weighted by Gasteiger charge is -2.36. The van der Waals surface area contributed by atoms with E-state index in [4.69, 9.17) is 0 Å². The normalized spacial score (nSPS) is 19.6. The van der Waals surface area contributed by atoms with Gasteiger partial charge < -0.3 is 10.2 Å². The largest absolute Gasteiger partial charge is 0.339 e. The van der Waals surface area contributed by atoms with Crippen LogP contribution in [-0.4, -0.2) is 79.6 Å². The van der Waals surface area contributed by atoms with Gasteiger partial charge in [0.05, 0.1) is 11.4 Å². The predicted octanol–water partition coefficient (Wildman–Crippen LogP) is 2.55. The van der Waals surface area contributed by atoms with Crippen molar-refractivity contribution in [2.45, 2.75) is 44.6 Å². The molecule has 35 heavy (non-hydrogen) atoms. The lowest BCUT2D eigenvalue weighted by molar-refractivity contribution is -0.136. The second-order valence-corrected chi connectivity index (χ2v) is 11.4. The van der Waals surface area contributed by atoms with Gasteiger partial charge in [0.2, 0.25) is 21.8 Å². The Hall–Kier alpha value is -2.75. The van der Waals surface area contributed by atoms with Crippen LogP contribution in [-0.2, 0) is 19.6 Å². The molecule has 2 saturated heterocycles. The van der Waals surface area contributed by atoms with Gasteiger partial charge in [-0.2, -0.15) is 4.31 Å². The summed E-state index contributed by atoms with van der Waals surface area (Å²) in [4.78, 5) is 29.9. The fourth-order valence-electron chi connectivity index (χ4n) is 4.74. The summed E-state index contributed by atoms with van der Waals surface area (Å²) in [5.74, 6) is -0.220.